The Hall–Kier alpha value is -3.65. The standard InChI is InChI=1S/C26H25N3O4S/c1-16-23(17-7-5-4-6-8-17)24-25(34-16)27-15-29(26(24)31)14-22(30)28-10-9-18-11-20(32-2)21(33-3)12-19(18)13-28/h4-8,11-12,15H,9-10,13-14H2,1-3H3. The van der Waals surface area contributed by atoms with Gasteiger partial charge in [0, 0.05) is 23.5 Å². The van der Waals surface area contributed by atoms with Crippen LogP contribution in [0.1, 0.15) is 16.0 Å². The quantitative estimate of drug-likeness (QED) is 0.436. The fourth-order valence-electron chi connectivity index (χ4n) is 4.54. The van der Waals surface area contributed by atoms with Gasteiger partial charge in [0.25, 0.3) is 5.56 Å². The second kappa shape index (κ2) is 8.95. The number of hydrogen-bond donors (Lipinski definition) is 0. The third-order valence-electron chi connectivity index (χ3n) is 6.29. The molecule has 2 aromatic carbocycles. The molecule has 1 aliphatic heterocycles. The predicted octanol–water partition coefficient (Wildman–Crippen LogP) is 4.04. The van der Waals surface area contributed by atoms with Gasteiger partial charge in [-0.15, -0.1) is 11.3 Å². The van der Waals surface area contributed by atoms with E-state index in [0.717, 1.165) is 33.6 Å². The first-order chi connectivity index (χ1) is 16.5. The number of thiophene rings is 1. The minimum Gasteiger partial charge on any atom is -0.493 e. The van der Waals surface area contributed by atoms with E-state index in [2.05, 4.69) is 4.98 Å². The minimum atomic E-state index is -0.189. The van der Waals surface area contributed by atoms with Crippen LogP contribution in [0.5, 0.6) is 11.5 Å². The van der Waals surface area contributed by atoms with Gasteiger partial charge in [-0.3, -0.25) is 14.2 Å². The summed E-state index contributed by atoms with van der Waals surface area (Å²) in [6, 6.07) is 13.7. The van der Waals surface area contributed by atoms with Gasteiger partial charge in [0.15, 0.2) is 11.5 Å². The average Bonchev–Trinajstić information content (AvgIpc) is 3.21. The SMILES string of the molecule is COc1cc2c(cc1OC)CN(C(=O)Cn1cnc3sc(C)c(-c4ccccc4)c3c1=O)CC2. The van der Waals surface area contributed by atoms with Gasteiger partial charge >= 0.3 is 0 Å². The second-order valence-corrected chi connectivity index (χ2v) is 9.50. The largest absolute Gasteiger partial charge is 0.493 e. The van der Waals surface area contributed by atoms with Gasteiger partial charge in [0.1, 0.15) is 11.4 Å². The molecule has 0 spiro atoms. The first-order valence-corrected chi connectivity index (χ1v) is 11.9. The Kier molecular flexibility index (Phi) is 5.83. The lowest BCUT2D eigenvalue weighted by molar-refractivity contribution is -0.132. The van der Waals surface area contributed by atoms with Gasteiger partial charge in [0.2, 0.25) is 5.91 Å². The predicted molar refractivity (Wildman–Crippen MR) is 133 cm³/mol. The van der Waals surface area contributed by atoms with Crippen LogP contribution in [0.25, 0.3) is 21.3 Å². The van der Waals surface area contributed by atoms with Crippen molar-refractivity contribution in [3.63, 3.8) is 0 Å². The topological polar surface area (TPSA) is 73.7 Å². The van der Waals surface area contributed by atoms with E-state index in [0.29, 0.717) is 34.8 Å². The van der Waals surface area contributed by atoms with Crippen molar-refractivity contribution in [3.8, 4) is 22.6 Å². The van der Waals surface area contributed by atoms with Crippen molar-refractivity contribution in [2.24, 2.45) is 0 Å². The van der Waals surface area contributed by atoms with E-state index in [4.69, 9.17) is 9.47 Å². The number of hydrogen-bond acceptors (Lipinski definition) is 6. The highest BCUT2D eigenvalue weighted by atomic mass is 32.1. The molecule has 0 atom stereocenters. The molecule has 34 heavy (non-hydrogen) atoms. The minimum absolute atomic E-state index is 0.0481. The third-order valence-corrected chi connectivity index (χ3v) is 7.31. The van der Waals surface area contributed by atoms with E-state index in [-0.39, 0.29) is 18.0 Å². The highest BCUT2D eigenvalue weighted by molar-refractivity contribution is 7.19. The highest BCUT2D eigenvalue weighted by Gasteiger charge is 2.24. The van der Waals surface area contributed by atoms with Crippen molar-refractivity contribution in [2.45, 2.75) is 26.4 Å². The average molecular weight is 476 g/mol. The fourth-order valence-corrected chi connectivity index (χ4v) is 5.55. The van der Waals surface area contributed by atoms with Gasteiger partial charge in [0.05, 0.1) is 25.9 Å². The van der Waals surface area contributed by atoms with Crippen molar-refractivity contribution in [3.05, 3.63) is 75.1 Å². The van der Waals surface area contributed by atoms with E-state index in [9.17, 15) is 9.59 Å². The Balaban J connectivity index is 1.43. The van der Waals surface area contributed by atoms with E-state index in [1.165, 1.54) is 22.2 Å². The molecule has 0 aliphatic carbocycles. The molecule has 1 aliphatic rings. The van der Waals surface area contributed by atoms with Gasteiger partial charge in [-0.05, 0) is 42.2 Å². The molecule has 0 fully saturated rings. The Morgan fingerprint density at radius 2 is 1.79 bits per heavy atom. The molecular weight excluding hydrogens is 450 g/mol. The first kappa shape index (κ1) is 22.2. The number of nitrogens with zero attached hydrogens (tertiary/aromatic N) is 3. The summed E-state index contributed by atoms with van der Waals surface area (Å²) in [5.41, 5.74) is 3.85. The molecule has 1 amide bonds. The summed E-state index contributed by atoms with van der Waals surface area (Å²) in [6.45, 7) is 3.00. The smallest absolute Gasteiger partial charge is 0.263 e. The lowest BCUT2D eigenvalue weighted by Crippen LogP contribution is -2.39. The monoisotopic (exact) mass is 475 g/mol. The number of rotatable bonds is 5. The second-order valence-electron chi connectivity index (χ2n) is 8.30. The molecule has 0 bridgehead atoms. The normalized spacial score (nSPS) is 13.1. The van der Waals surface area contributed by atoms with E-state index >= 15 is 0 Å². The summed E-state index contributed by atoms with van der Waals surface area (Å²) >= 11 is 1.50. The van der Waals surface area contributed by atoms with Crippen LogP contribution < -0.4 is 15.0 Å². The maximum Gasteiger partial charge on any atom is 0.263 e. The number of aromatic nitrogens is 2. The maximum absolute atomic E-state index is 13.4. The summed E-state index contributed by atoms with van der Waals surface area (Å²) in [5.74, 6) is 1.21. The molecule has 0 saturated carbocycles. The van der Waals surface area contributed by atoms with Crippen molar-refractivity contribution in [1.29, 1.82) is 0 Å². The van der Waals surface area contributed by atoms with Crippen molar-refractivity contribution < 1.29 is 14.3 Å². The molecule has 174 valence electrons. The lowest BCUT2D eigenvalue weighted by Gasteiger charge is -2.29. The number of amides is 1. The molecule has 8 heteroatoms. The van der Waals surface area contributed by atoms with Gasteiger partial charge < -0.3 is 14.4 Å². The first-order valence-electron chi connectivity index (χ1n) is 11.1. The Labute approximate surface area is 201 Å². The fraction of sp³-hybridized carbons (Fsp3) is 0.269. The van der Waals surface area contributed by atoms with Crippen LogP contribution in [0.15, 0.2) is 53.6 Å². The highest BCUT2D eigenvalue weighted by Crippen LogP contribution is 2.35. The molecule has 0 unspecified atom stereocenters. The van der Waals surface area contributed by atoms with Crippen LogP contribution in [0.2, 0.25) is 0 Å². The van der Waals surface area contributed by atoms with Crippen molar-refractivity contribution in [2.75, 3.05) is 20.8 Å². The van der Waals surface area contributed by atoms with Crippen LogP contribution in [0, 0.1) is 6.92 Å². The number of ether oxygens (including phenoxy) is 2. The number of methoxy groups -OCH3 is 2. The van der Waals surface area contributed by atoms with Crippen LogP contribution in [-0.4, -0.2) is 41.1 Å². The van der Waals surface area contributed by atoms with E-state index in [1.807, 2.05) is 49.4 Å². The molecule has 4 aromatic rings. The van der Waals surface area contributed by atoms with Crippen molar-refractivity contribution >= 4 is 27.5 Å². The molecule has 0 N–H and O–H groups in total. The number of carbonyl (C=O) groups excluding carboxylic acids is 1. The number of benzene rings is 2. The Morgan fingerprint density at radius 3 is 2.50 bits per heavy atom. The third kappa shape index (κ3) is 3.84. The summed E-state index contributed by atoms with van der Waals surface area (Å²) in [4.78, 5) is 34.6. The zero-order valence-corrected chi connectivity index (χ0v) is 20.1. The summed E-state index contributed by atoms with van der Waals surface area (Å²) in [6.07, 6.45) is 2.20. The lowest BCUT2D eigenvalue weighted by atomic mass is 9.98. The molecule has 2 aromatic heterocycles. The number of fused-ring (bicyclic) bond motifs is 2. The van der Waals surface area contributed by atoms with Crippen LogP contribution >= 0.6 is 11.3 Å². The zero-order chi connectivity index (χ0) is 23.8. The van der Waals surface area contributed by atoms with Crippen molar-refractivity contribution in [1.82, 2.24) is 14.5 Å². The molecular formula is C26H25N3O4S. The Morgan fingerprint density at radius 1 is 1.09 bits per heavy atom. The van der Waals surface area contributed by atoms with Gasteiger partial charge in [-0.1, -0.05) is 30.3 Å². The molecule has 7 nitrogen and oxygen atoms in total. The summed E-state index contributed by atoms with van der Waals surface area (Å²) in [5, 5.41) is 0.574. The van der Waals surface area contributed by atoms with Gasteiger partial charge in [-0.25, -0.2) is 4.98 Å². The summed E-state index contributed by atoms with van der Waals surface area (Å²) in [7, 11) is 3.21. The maximum atomic E-state index is 13.4. The van der Waals surface area contributed by atoms with E-state index in [1.54, 1.807) is 19.1 Å². The molecule has 0 radical (unpaired) electrons. The van der Waals surface area contributed by atoms with Crippen LogP contribution in [-0.2, 0) is 24.3 Å². The van der Waals surface area contributed by atoms with E-state index < -0.39 is 0 Å². The van der Waals surface area contributed by atoms with Crippen LogP contribution in [0.4, 0.5) is 0 Å². The molecule has 0 saturated heterocycles. The zero-order valence-electron chi connectivity index (χ0n) is 19.3. The van der Waals surface area contributed by atoms with Gasteiger partial charge in [-0.2, -0.15) is 0 Å². The Bertz CT molecular complexity index is 1440. The van der Waals surface area contributed by atoms with Crippen LogP contribution in [0.3, 0.4) is 0 Å². The number of carbonyl (C=O) groups is 1. The molecule has 3 heterocycles. The molecule has 5 rings (SSSR count). The summed E-state index contributed by atoms with van der Waals surface area (Å²) < 4.78 is 12.2. The number of aryl methyl sites for hydroxylation is 1.